The molecule has 2 aromatic carbocycles. The van der Waals surface area contributed by atoms with Gasteiger partial charge in [-0.3, -0.25) is 14.1 Å². The highest BCUT2D eigenvalue weighted by molar-refractivity contribution is 6.34. The summed E-state index contributed by atoms with van der Waals surface area (Å²) in [5.74, 6) is -2.07. The summed E-state index contributed by atoms with van der Waals surface area (Å²) < 4.78 is 36.1. The van der Waals surface area contributed by atoms with Crippen molar-refractivity contribution < 1.29 is 23.4 Å². The number of amides is 1. The maximum absolute atomic E-state index is 15.0. The molecule has 0 unspecified atom stereocenters. The number of fused-ring (bicyclic) bond motifs is 1. The van der Waals surface area contributed by atoms with Crippen LogP contribution in [0, 0.1) is 28.9 Å². The molecular formula is C31H31ClF2N8O3. The van der Waals surface area contributed by atoms with Crippen LogP contribution in [0.15, 0.2) is 48.9 Å². The first-order chi connectivity index (χ1) is 21.9. The Kier molecular flexibility index (Phi) is 9.09. The van der Waals surface area contributed by atoms with Crippen molar-refractivity contribution in [2.75, 3.05) is 70.9 Å². The third-order valence-corrected chi connectivity index (χ3v) is 8.50. The molecule has 2 saturated heterocycles. The predicted molar refractivity (Wildman–Crippen MR) is 164 cm³/mol. The van der Waals surface area contributed by atoms with Crippen LogP contribution >= 0.6 is 11.6 Å². The van der Waals surface area contributed by atoms with Gasteiger partial charge in [-0.2, -0.15) is 9.65 Å². The Morgan fingerprint density at radius 3 is 2.60 bits per heavy atom. The van der Waals surface area contributed by atoms with Crippen LogP contribution in [0.5, 0.6) is 5.75 Å². The number of nitriles is 1. The monoisotopic (exact) mass is 636 g/mol. The lowest BCUT2D eigenvalue weighted by Gasteiger charge is -2.41. The molecule has 2 aromatic heterocycles. The number of hydrogen-bond donors (Lipinski definition) is 2. The summed E-state index contributed by atoms with van der Waals surface area (Å²) in [5.41, 5.74) is 1.57. The van der Waals surface area contributed by atoms with E-state index < -0.39 is 18.2 Å². The van der Waals surface area contributed by atoms with Gasteiger partial charge in [0.05, 0.1) is 22.5 Å². The third kappa shape index (κ3) is 6.41. The third-order valence-electron chi connectivity index (χ3n) is 8.19. The largest absolute Gasteiger partial charge is 0.476 e. The highest BCUT2D eigenvalue weighted by Gasteiger charge is 2.28. The summed E-state index contributed by atoms with van der Waals surface area (Å²) in [6.07, 6.45) is 4.47. The summed E-state index contributed by atoms with van der Waals surface area (Å²) in [5, 5.41) is 21.3. The highest BCUT2D eigenvalue weighted by atomic mass is 35.5. The molecule has 2 N–H and O–H groups in total. The number of rotatable bonds is 10. The quantitative estimate of drug-likeness (QED) is 0.269. The van der Waals surface area contributed by atoms with Gasteiger partial charge in [-0.15, -0.1) is 0 Å². The zero-order valence-corrected chi connectivity index (χ0v) is 25.1. The fourth-order valence-electron chi connectivity index (χ4n) is 5.66. The van der Waals surface area contributed by atoms with E-state index >= 15 is 0 Å². The molecule has 4 heterocycles. The number of benzene rings is 2. The van der Waals surface area contributed by atoms with Gasteiger partial charge in [0, 0.05) is 88.5 Å². The lowest BCUT2D eigenvalue weighted by Crippen LogP contribution is -2.53. The second-order valence-corrected chi connectivity index (χ2v) is 11.5. The zero-order chi connectivity index (χ0) is 31.5. The molecule has 0 atom stereocenters. The molecule has 2 fully saturated rings. The number of ether oxygens (including phenoxy) is 1. The Labute approximate surface area is 263 Å². The van der Waals surface area contributed by atoms with E-state index in [1.807, 2.05) is 4.90 Å². The first-order valence-corrected chi connectivity index (χ1v) is 15.0. The smallest absolute Gasteiger partial charge is 0.255 e. The normalized spacial score (nSPS) is 16.0. The van der Waals surface area contributed by atoms with Gasteiger partial charge in [0.1, 0.15) is 6.07 Å². The van der Waals surface area contributed by atoms with Crippen molar-refractivity contribution in [3.63, 3.8) is 0 Å². The Morgan fingerprint density at radius 1 is 1.09 bits per heavy atom. The fraction of sp³-hybridized carbons (Fsp3) is 0.355. The molecule has 2 aliphatic rings. The van der Waals surface area contributed by atoms with E-state index in [1.54, 1.807) is 34.9 Å². The van der Waals surface area contributed by atoms with Crippen molar-refractivity contribution in [2.24, 2.45) is 5.92 Å². The Morgan fingerprint density at radius 2 is 1.87 bits per heavy atom. The molecule has 11 nitrogen and oxygen atoms in total. The van der Waals surface area contributed by atoms with E-state index in [9.17, 15) is 18.7 Å². The van der Waals surface area contributed by atoms with Crippen LogP contribution in [0.25, 0.3) is 16.9 Å². The molecule has 0 saturated carbocycles. The molecular weight excluding hydrogens is 606 g/mol. The number of aromatic nitrogens is 3. The standard InChI is InChI=1S/C31H31ClF2N8O3/c32-24-15-21(1-2-22(24)31(44)41-12-10-39(11-13-41)8-9-40-17-20(18-40)19-43)38-29-30-37-16-25(42(30)7-6-36-29)23-3-4-26(45-14-5-35)28(34)27(23)33/h1-4,6-7,15-16,20,43H,8-14,17-19H2,(H,36,38). The van der Waals surface area contributed by atoms with Gasteiger partial charge < -0.3 is 25.0 Å². The Bertz CT molecular complexity index is 1750. The topological polar surface area (TPSA) is 122 Å². The van der Waals surface area contributed by atoms with E-state index in [2.05, 4.69) is 25.1 Å². The average molecular weight is 637 g/mol. The number of imidazole rings is 1. The number of halogens is 3. The van der Waals surface area contributed by atoms with E-state index in [-0.39, 0.29) is 34.5 Å². The van der Waals surface area contributed by atoms with Gasteiger partial charge in [-0.05, 0) is 30.3 Å². The molecule has 1 amide bonds. The molecule has 4 aromatic rings. The number of nitrogens with one attached hydrogen (secondary N) is 1. The van der Waals surface area contributed by atoms with Gasteiger partial charge in [-0.1, -0.05) is 11.6 Å². The molecule has 14 heteroatoms. The van der Waals surface area contributed by atoms with E-state index in [0.717, 1.165) is 39.3 Å². The van der Waals surface area contributed by atoms with Crippen LogP contribution in [0.4, 0.5) is 20.3 Å². The fourth-order valence-corrected chi connectivity index (χ4v) is 5.92. The Hall–Kier alpha value is -4.35. The maximum atomic E-state index is 15.0. The van der Waals surface area contributed by atoms with Gasteiger partial charge >= 0.3 is 0 Å². The van der Waals surface area contributed by atoms with Crippen LogP contribution in [-0.4, -0.2) is 106 Å². The van der Waals surface area contributed by atoms with Gasteiger partial charge in [0.25, 0.3) is 5.91 Å². The van der Waals surface area contributed by atoms with Crippen LogP contribution in [0.2, 0.25) is 5.02 Å². The van der Waals surface area contributed by atoms with Gasteiger partial charge in [0.2, 0.25) is 5.82 Å². The number of aliphatic hydroxyl groups excluding tert-OH is 1. The molecule has 0 spiro atoms. The molecule has 234 valence electrons. The average Bonchev–Trinajstić information content (AvgIpc) is 3.46. The van der Waals surface area contributed by atoms with E-state index in [0.29, 0.717) is 41.7 Å². The van der Waals surface area contributed by atoms with Gasteiger partial charge in [-0.25, -0.2) is 14.4 Å². The van der Waals surface area contributed by atoms with Crippen molar-refractivity contribution in [1.82, 2.24) is 29.1 Å². The number of anilines is 2. The van der Waals surface area contributed by atoms with Crippen LogP contribution in [0.1, 0.15) is 10.4 Å². The van der Waals surface area contributed by atoms with Crippen molar-refractivity contribution in [1.29, 1.82) is 5.26 Å². The second kappa shape index (κ2) is 13.3. The number of nitrogens with zero attached hydrogens (tertiary/aromatic N) is 7. The van der Waals surface area contributed by atoms with Crippen LogP contribution < -0.4 is 10.1 Å². The summed E-state index contributed by atoms with van der Waals surface area (Å²) in [6, 6.07) is 9.39. The summed E-state index contributed by atoms with van der Waals surface area (Å²) in [6.45, 7) is 6.45. The van der Waals surface area contributed by atoms with Crippen molar-refractivity contribution in [3.05, 3.63) is 71.1 Å². The number of piperazine rings is 1. The maximum Gasteiger partial charge on any atom is 0.255 e. The minimum Gasteiger partial charge on any atom is -0.476 e. The predicted octanol–water partition coefficient (Wildman–Crippen LogP) is 3.66. The van der Waals surface area contributed by atoms with Gasteiger partial charge in [0.15, 0.2) is 29.6 Å². The molecule has 0 radical (unpaired) electrons. The first-order valence-electron chi connectivity index (χ1n) is 14.6. The van der Waals surface area contributed by atoms with E-state index in [4.69, 9.17) is 21.6 Å². The molecule has 2 aliphatic heterocycles. The number of aliphatic hydroxyl groups is 1. The molecule has 0 bridgehead atoms. The van der Waals surface area contributed by atoms with Crippen molar-refractivity contribution in [3.8, 4) is 23.1 Å². The first kappa shape index (κ1) is 30.7. The number of likely N-dealkylation sites (tertiary alicyclic amines) is 1. The SMILES string of the molecule is N#CCOc1ccc(-c2cnc3c(Nc4ccc(C(=O)N5CCN(CCN6CC(CO)C6)CC5)c(Cl)c4)nccn23)c(F)c1F. The molecule has 45 heavy (non-hydrogen) atoms. The second-order valence-electron chi connectivity index (χ2n) is 11.1. The lowest BCUT2D eigenvalue weighted by atomic mass is 10.0. The molecule has 6 rings (SSSR count). The minimum absolute atomic E-state index is 0.0412. The Balaban J connectivity index is 1.11. The summed E-state index contributed by atoms with van der Waals surface area (Å²) >= 11 is 6.58. The number of hydrogen-bond acceptors (Lipinski definition) is 9. The van der Waals surface area contributed by atoms with E-state index in [1.165, 1.54) is 24.5 Å². The van der Waals surface area contributed by atoms with Crippen LogP contribution in [-0.2, 0) is 0 Å². The van der Waals surface area contributed by atoms with Crippen molar-refractivity contribution in [2.45, 2.75) is 0 Å². The lowest BCUT2D eigenvalue weighted by molar-refractivity contribution is 0.0374. The zero-order valence-electron chi connectivity index (χ0n) is 24.3. The highest BCUT2D eigenvalue weighted by Crippen LogP contribution is 2.32. The van der Waals surface area contributed by atoms with Crippen LogP contribution in [0.3, 0.4) is 0 Å². The molecule has 0 aliphatic carbocycles. The minimum atomic E-state index is -1.20. The number of carbonyl (C=O) groups excluding carboxylic acids is 1. The number of carbonyl (C=O) groups is 1. The van der Waals surface area contributed by atoms with Crippen molar-refractivity contribution >= 4 is 34.7 Å². The summed E-state index contributed by atoms with van der Waals surface area (Å²) in [4.78, 5) is 28.5. The summed E-state index contributed by atoms with van der Waals surface area (Å²) in [7, 11) is 0.